The van der Waals surface area contributed by atoms with Crippen LogP contribution in [0.25, 0.3) is 0 Å². The Morgan fingerprint density at radius 1 is 1.09 bits per heavy atom. The summed E-state index contributed by atoms with van der Waals surface area (Å²) in [5.74, 6) is 0.106. The number of alkyl halides is 3. The van der Waals surface area contributed by atoms with Crippen LogP contribution in [0, 0.1) is 5.92 Å². The Hall–Kier alpha value is -1.56. The number of hydrogen-bond donors (Lipinski definition) is 0. The van der Waals surface area contributed by atoms with Crippen LogP contribution >= 0.6 is 0 Å². The van der Waals surface area contributed by atoms with Crippen LogP contribution in [0.4, 0.5) is 13.2 Å². The summed E-state index contributed by atoms with van der Waals surface area (Å²) < 4.78 is 43.1. The lowest BCUT2D eigenvalue weighted by Gasteiger charge is -2.29. The van der Waals surface area contributed by atoms with Crippen LogP contribution in [0.1, 0.15) is 36.8 Å². The second kappa shape index (κ2) is 6.51. The number of nitrogens with zero attached hydrogens (tertiary/aromatic N) is 1. The molecule has 1 heterocycles. The quantitative estimate of drug-likeness (QED) is 0.845. The van der Waals surface area contributed by atoms with Crippen LogP contribution in [0.5, 0.6) is 0 Å². The number of carbonyl (C=O) groups is 1. The fourth-order valence-electron chi connectivity index (χ4n) is 2.95. The van der Waals surface area contributed by atoms with Gasteiger partial charge in [0.15, 0.2) is 0 Å². The van der Waals surface area contributed by atoms with E-state index in [1.807, 2.05) is 4.90 Å². The van der Waals surface area contributed by atoms with Crippen molar-refractivity contribution in [2.45, 2.75) is 44.4 Å². The molecule has 0 spiro atoms. The second-order valence-corrected chi connectivity index (χ2v) is 6.28. The first kappa shape index (κ1) is 16.3. The average molecular weight is 327 g/mol. The molecule has 1 saturated heterocycles. The molecule has 23 heavy (non-hydrogen) atoms. The average Bonchev–Trinajstić information content (AvgIpc) is 3.37. The van der Waals surface area contributed by atoms with Gasteiger partial charge in [-0.05, 0) is 43.4 Å². The van der Waals surface area contributed by atoms with Crippen molar-refractivity contribution in [2.24, 2.45) is 5.92 Å². The summed E-state index contributed by atoms with van der Waals surface area (Å²) >= 11 is 0. The minimum absolute atomic E-state index is 0.0150. The molecular formula is C17H20F3NO2. The number of carbonyl (C=O) groups excluding carboxylic acids is 1. The zero-order chi connectivity index (χ0) is 16.4. The van der Waals surface area contributed by atoms with Crippen molar-refractivity contribution in [3.63, 3.8) is 0 Å². The van der Waals surface area contributed by atoms with Crippen molar-refractivity contribution in [1.29, 1.82) is 0 Å². The van der Waals surface area contributed by atoms with Gasteiger partial charge in [0.1, 0.15) is 0 Å². The molecule has 1 aliphatic carbocycles. The Morgan fingerprint density at radius 2 is 1.70 bits per heavy atom. The van der Waals surface area contributed by atoms with Crippen LogP contribution in [0.15, 0.2) is 24.3 Å². The summed E-state index contributed by atoms with van der Waals surface area (Å²) in [6.45, 7) is 1.60. The van der Waals surface area contributed by atoms with Crippen LogP contribution in [-0.4, -0.2) is 30.1 Å². The minimum atomic E-state index is -4.33. The fourth-order valence-corrected chi connectivity index (χ4v) is 2.95. The highest BCUT2D eigenvalue weighted by Crippen LogP contribution is 2.33. The van der Waals surface area contributed by atoms with Gasteiger partial charge in [-0.25, -0.2) is 0 Å². The molecule has 0 aromatic heterocycles. The molecule has 3 rings (SSSR count). The number of amides is 1. The zero-order valence-corrected chi connectivity index (χ0v) is 12.8. The number of halogens is 3. The number of rotatable bonds is 4. The molecule has 0 radical (unpaired) electrons. The first-order valence-corrected chi connectivity index (χ1v) is 7.99. The smallest absolute Gasteiger partial charge is 0.381 e. The van der Waals surface area contributed by atoms with E-state index in [4.69, 9.17) is 4.74 Å². The molecule has 0 bridgehead atoms. The Morgan fingerprint density at radius 3 is 2.22 bits per heavy atom. The van der Waals surface area contributed by atoms with E-state index in [-0.39, 0.29) is 17.9 Å². The third-order valence-electron chi connectivity index (χ3n) is 4.48. The highest BCUT2D eigenvalue weighted by molar-refractivity contribution is 5.79. The summed E-state index contributed by atoms with van der Waals surface area (Å²) in [5, 5.41) is 0. The standard InChI is InChI=1S/C17H20F3NO2/c18-17(19,20)14-3-1-12(2-4-14)11-21(15-5-6-15)16(22)13-7-9-23-10-8-13/h1-4,13,15H,5-11H2. The maximum absolute atomic E-state index is 12.7. The Kier molecular flexibility index (Phi) is 4.62. The van der Waals surface area contributed by atoms with E-state index in [0.717, 1.165) is 43.4 Å². The van der Waals surface area contributed by atoms with Crippen molar-refractivity contribution in [1.82, 2.24) is 4.90 Å². The molecule has 3 nitrogen and oxygen atoms in total. The maximum Gasteiger partial charge on any atom is 0.416 e. The number of hydrogen-bond acceptors (Lipinski definition) is 2. The van der Waals surface area contributed by atoms with Crippen molar-refractivity contribution in [3.05, 3.63) is 35.4 Å². The minimum Gasteiger partial charge on any atom is -0.381 e. The molecule has 1 aromatic rings. The molecule has 6 heteroatoms. The van der Waals surface area contributed by atoms with Crippen LogP contribution in [0.2, 0.25) is 0 Å². The van der Waals surface area contributed by atoms with Gasteiger partial charge in [-0.3, -0.25) is 4.79 Å². The van der Waals surface area contributed by atoms with E-state index in [9.17, 15) is 18.0 Å². The van der Waals surface area contributed by atoms with Crippen LogP contribution < -0.4 is 0 Å². The molecule has 1 saturated carbocycles. The van der Waals surface area contributed by atoms with E-state index < -0.39 is 11.7 Å². The van der Waals surface area contributed by atoms with E-state index in [0.29, 0.717) is 19.8 Å². The fraction of sp³-hybridized carbons (Fsp3) is 0.588. The SMILES string of the molecule is O=C(C1CCOCC1)N(Cc1ccc(C(F)(F)F)cc1)C1CC1. The van der Waals surface area contributed by atoms with Gasteiger partial charge >= 0.3 is 6.18 Å². The third-order valence-corrected chi connectivity index (χ3v) is 4.48. The van der Waals surface area contributed by atoms with Gasteiger partial charge in [-0.2, -0.15) is 13.2 Å². The summed E-state index contributed by atoms with van der Waals surface area (Å²) in [5.41, 5.74) is 0.0836. The molecule has 0 atom stereocenters. The molecule has 2 fully saturated rings. The van der Waals surface area contributed by atoms with Gasteiger partial charge in [0, 0.05) is 31.7 Å². The monoisotopic (exact) mass is 327 g/mol. The molecule has 1 aromatic carbocycles. The highest BCUT2D eigenvalue weighted by atomic mass is 19.4. The van der Waals surface area contributed by atoms with Crippen molar-refractivity contribution < 1.29 is 22.7 Å². The third kappa shape index (κ3) is 4.05. The summed E-state index contributed by atoms with van der Waals surface area (Å²) in [6.07, 6.45) is -0.901. The van der Waals surface area contributed by atoms with E-state index in [1.54, 1.807) is 0 Å². The largest absolute Gasteiger partial charge is 0.416 e. The van der Waals surface area contributed by atoms with Gasteiger partial charge in [0.25, 0.3) is 0 Å². The van der Waals surface area contributed by atoms with E-state index >= 15 is 0 Å². The van der Waals surface area contributed by atoms with Crippen molar-refractivity contribution in [2.75, 3.05) is 13.2 Å². The lowest BCUT2D eigenvalue weighted by atomic mass is 9.98. The normalized spacial score (nSPS) is 19.6. The van der Waals surface area contributed by atoms with Gasteiger partial charge in [-0.15, -0.1) is 0 Å². The molecule has 126 valence electrons. The van der Waals surface area contributed by atoms with Gasteiger partial charge in [-0.1, -0.05) is 12.1 Å². The van der Waals surface area contributed by atoms with Crippen LogP contribution in [-0.2, 0) is 22.3 Å². The Labute approximate surface area is 133 Å². The lowest BCUT2D eigenvalue weighted by Crippen LogP contribution is -2.39. The summed E-state index contributed by atoms with van der Waals surface area (Å²) in [7, 11) is 0. The summed E-state index contributed by atoms with van der Waals surface area (Å²) in [6, 6.07) is 5.34. The number of benzene rings is 1. The Balaban J connectivity index is 1.68. The van der Waals surface area contributed by atoms with Gasteiger partial charge in [0.05, 0.1) is 5.56 Å². The predicted molar refractivity (Wildman–Crippen MR) is 78.6 cm³/mol. The van der Waals surface area contributed by atoms with Gasteiger partial charge in [0.2, 0.25) is 5.91 Å². The van der Waals surface area contributed by atoms with Gasteiger partial charge < -0.3 is 9.64 Å². The highest BCUT2D eigenvalue weighted by Gasteiger charge is 2.36. The van der Waals surface area contributed by atoms with Crippen molar-refractivity contribution >= 4 is 5.91 Å². The molecule has 1 amide bonds. The number of ether oxygens (including phenoxy) is 1. The molecule has 2 aliphatic rings. The first-order valence-electron chi connectivity index (χ1n) is 7.99. The maximum atomic E-state index is 12.7. The molecular weight excluding hydrogens is 307 g/mol. The Bertz CT molecular complexity index is 546. The van der Waals surface area contributed by atoms with E-state index in [2.05, 4.69) is 0 Å². The second-order valence-electron chi connectivity index (χ2n) is 6.28. The lowest BCUT2D eigenvalue weighted by molar-refractivity contribution is -0.140. The molecule has 1 aliphatic heterocycles. The van der Waals surface area contributed by atoms with E-state index in [1.165, 1.54) is 12.1 Å². The zero-order valence-electron chi connectivity index (χ0n) is 12.8. The first-order chi connectivity index (χ1) is 10.9. The predicted octanol–water partition coefficient (Wildman–Crippen LogP) is 3.62. The topological polar surface area (TPSA) is 29.5 Å². The summed E-state index contributed by atoms with van der Waals surface area (Å²) in [4.78, 5) is 14.5. The molecule has 0 unspecified atom stereocenters. The van der Waals surface area contributed by atoms with Crippen LogP contribution in [0.3, 0.4) is 0 Å². The molecule has 0 N–H and O–H groups in total. The van der Waals surface area contributed by atoms with Crippen molar-refractivity contribution in [3.8, 4) is 0 Å².